The van der Waals surface area contributed by atoms with Crippen LogP contribution >= 0.6 is 0 Å². The van der Waals surface area contributed by atoms with Gasteiger partial charge in [-0.3, -0.25) is 9.36 Å². The number of hydrogen-bond donors (Lipinski definition) is 2. The van der Waals surface area contributed by atoms with Gasteiger partial charge >= 0.3 is 11.7 Å². The summed E-state index contributed by atoms with van der Waals surface area (Å²) in [7, 11) is 0. The van der Waals surface area contributed by atoms with Crippen LogP contribution in [-0.4, -0.2) is 25.2 Å². The number of nitrogens with zero attached hydrogens (tertiary/aromatic N) is 2. The van der Waals surface area contributed by atoms with Gasteiger partial charge in [0.2, 0.25) is 0 Å². The lowest BCUT2D eigenvalue weighted by Crippen LogP contribution is -2.45. The second kappa shape index (κ2) is 7.33. The Hall–Kier alpha value is -3.61. The summed E-state index contributed by atoms with van der Waals surface area (Å²) in [5.41, 5.74) is 2.22. The van der Waals surface area contributed by atoms with Crippen LogP contribution in [0.3, 0.4) is 0 Å². The minimum atomic E-state index is -1.22. The van der Waals surface area contributed by atoms with Crippen LogP contribution in [0.4, 0.5) is 0 Å². The maximum Gasteiger partial charge on any atom is 0.332 e. The van der Waals surface area contributed by atoms with Gasteiger partial charge in [0, 0.05) is 22.7 Å². The van der Waals surface area contributed by atoms with Crippen LogP contribution in [0.15, 0.2) is 58.3 Å². The Kier molecular flexibility index (Phi) is 4.81. The molecule has 0 aliphatic heterocycles. The molecule has 154 valence electrons. The minimum absolute atomic E-state index is 0.128. The molecule has 0 fully saturated rings. The summed E-state index contributed by atoms with van der Waals surface area (Å²) in [6.45, 7) is 5.54. The summed E-state index contributed by atoms with van der Waals surface area (Å²) in [6.07, 6.45) is 2.00. The molecule has 4 rings (SSSR count). The number of rotatable bonds is 5. The van der Waals surface area contributed by atoms with E-state index in [9.17, 15) is 19.5 Å². The van der Waals surface area contributed by atoms with Crippen molar-refractivity contribution in [1.29, 1.82) is 0 Å². The van der Waals surface area contributed by atoms with E-state index in [1.807, 2.05) is 38.2 Å². The summed E-state index contributed by atoms with van der Waals surface area (Å²) < 4.78 is 2.40. The molecule has 30 heavy (non-hydrogen) atoms. The number of aryl methyl sites for hydroxylation is 1. The lowest BCUT2D eigenvalue weighted by atomic mass is 10.0. The molecule has 0 amide bonds. The van der Waals surface area contributed by atoms with Crippen molar-refractivity contribution in [3.63, 3.8) is 0 Å². The van der Waals surface area contributed by atoms with E-state index in [1.54, 1.807) is 31.2 Å². The van der Waals surface area contributed by atoms with Crippen molar-refractivity contribution in [2.45, 2.75) is 39.3 Å². The van der Waals surface area contributed by atoms with Gasteiger partial charge in [-0.15, -0.1) is 0 Å². The zero-order valence-electron chi connectivity index (χ0n) is 17.0. The topological polar surface area (TPSA) is 97.1 Å². The first-order valence-corrected chi connectivity index (χ1v) is 9.92. The molecule has 2 atom stereocenters. The molecule has 4 aromatic rings. The van der Waals surface area contributed by atoms with Gasteiger partial charge in [-0.05, 0) is 44.0 Å². The lowest BCUT2D eigenvalue weighted by molar-refractivity contribution is -0.141. The van der Waals surface area contributed by atoms with Crippen LogP contribution in [0, 0.1) is 6.92 Å². The first-order chi connectivity index (χ1) is 14.4. The van der Waals surface area contributed by atoms with Crippen molar-refractivity contribution in [3.05, 3.63) is 80.6 Å². The number of aromatic amines is 1. The number of H-pyrrole nitrogens is 1. The number of aromatic nitrogens is 3. The number of aliphatic carboxylic acids is 1. The fourth-order valence-electron chi connectivity index (χ4n) is 4.28. The first kappa shape index (κ1) is 19.7. The molecule has 0 spiro atoms. The Balaban J connectivity index is 2.09. The fourth-order valence-corrected chi connectivity index (χ4v) is 4.28. The molecule has 2 N–H and O–H groups in total. The van der Waals surface area contributed by atoms with Crippen molar-refractivity contribution in [1.82, 2.24) is 14.1 Å². The van der Waals surface area contributed by atoms with E-state index in [-0.39, 0.29) is 6.42 Å². The number of benzene rings is 2. The predicted octanol–water partition coefficient (Wildman–Crippen LogP) is 3.60. The van der Waals surface area contributed by atoms with Gasteiger partial charge in [0.1, 0.15) is 6.04 Å². The number of nitrogens with one attached hydrogen (secondary N) is 1. The molecule has 2 aromatic carbocycles. The maximum absolute atomic E-state index is 13.5. The van der Waals surface area contributed by atoms with Gasteiger partial charge in [-0.1, -0.05) is 31.2 Å². The molecule has 1 unspecified atom stereocenters. The number of fused-ring (bicyclic) bond motifs is 2. The third-order valence-corrected chi connectivity index (χ3v) is 5.79. The van der Waals surface area contributed by atoms with Gasteiger partial charge < -0.3 is 10.1 Å². The minimum Gasteiger partial charge on any atom is -0.480 e. The highest BCUT2D eigenvalue weighted by Crippen LogP contribution is 2.30. The SMILES string of the molecule is CC[C@@H](C(=O)O)n1c(=O)c2ccccc2n(C(C)c2c[nH]c3cccc(C)c23)c1=O. The summed E-state index contributed by atoms with van der Waals surface area (Å²) in [4.78, 5) is 41.6. The molecule has 2 aromatic heterocycles. The number of carboxylic acids is 1. The summed E-state index contributed by atoms with van der Waals surface area (Å²) in [5.74, 6) is -1.20. The average molecular weight is 405 g/mol. The van der Waals surface area contributed by atoms with Crippen LogP contribution in [0.5, 0.6) is 0 Å². The second-order valence-electron chi connectivity index (χ2n) is 7.52. The zero-order valence-corrected chi connectivity index (χ0v) is 17.0. The Morgan fingerprint density at radius 3 is 2.53 bits per heavy atom. The van der Waals surface area contributed by atoms with Crippen LogP contribution in [-0.2, 0) is 4.79 Å². The molecular formula is C23H23N3O4. The smallest absolute Gasteiger partial charge is 0.332 e. The van der Waals surface area contributed by atoms with Crippen molar-refractivity contribution < 1.29 is 9.90 Å². The number of para-hydroxylation sites is 1. The Morgan fingerprint density at radius 1 is 1.10 bits per heavy atom. The van der Waals surface area contributed by atoms with Crippen LogP contribution < -0.4 is 11.2 Å². The number of carboxylic acid groups (broad SMARTS) is 1. The Morgan fingerprint density at radius 2 is 1.83 bits per heavy atom. The van der Waals surface area contributed by atoms with Crippen LogP contribution in [0.25, 0.3) is 21.8 Å². The highest BCUT2D eigenvalue weighted by atomic mass is 16.4. The monoisotopic (exact) mass is 405 g/mol. The lowest BCUT2D eigenvalue weighted by Gasteiger charge is -2.22. The molecule has 2 heterocycles. The van der Waals surface area contributed by atoms with Gasteiger partial charge in [-0.25, -0.2) is 14.2 Å². The third-order valence-electron chi connectivity index (χ3n) is 5.79. The molecular weight excluding hydrogens is 382 g/mol. The third kappa shape index (κ3) is 2.85. The fraction of sp³-hybridized carbons (Fsp3) is 0.261. The van der Waals surface area contributed by atoms with Crippen molar-refractivity contribution in [3.8, 4) is 0 Å². The van der Waals surface area contributed by atoms with Crippen molar-refractivity contribution in [2.24, 2.45) is 0 Å². The normalized spacial score (nSPS) is 13.6. The van der Waals surface area contributed by atoms with E-state index in [2.05, 4.69) is 4.98 Å². The van der Waals surface area contributed by atoms with E-state index >= 15 is 0 Å². The van der Waals surface area contributed by atoms with E-state index in [4.69, 9.17) is 0 Å². The van der Waals surface area contributed by atoms with Gasteiger partial charge in [-0.2, -0.15) is 0 Å². The quantitative estimate of drug-likeness (QED) is 0.530. The van der Waals surface area contributed by atoms with Crippen LogP contribution in [0.2, 0.25) is 0 Å². The molecule has 0 aliphatic carbocycles. The van der Waals surface area contributed by atoms with Crippen molar-refractivity contribution >= 4 is 27.8 Å². The summed E-state index contributed by atoms with van der Waals surface area (Å²) >= 11 is 0. The van der Waals surface area contributed by atoms with Gasteiger partial charge in [0.25, 0.3) is 5.56 Å². The van der Waals surface area contributed by atoms with Gasteiger partial charge in [0.05, 0.1) is 16.9 Å². The predicted molar refractivity (Wildman–Crippen MR) is 116 cm³/mol. The molecule has 0 aliphatic rings. The van der Waals surface area contributed by atoms with E-state index < -0.39 is 29.3 Å². The molecule has 7 heteroatoms. The zero-order chi connectivity index (χ0) is 21.6. The van der Waals surface area contributed by atoms with Gasteiger partial charge in [0.15, 0.2) is 0 Å². The molecule has 0 saturated heterocycles. The average Bonchev–Trinajstić information content (AvgIpc) is 3.16. The summed E-state index contributed by atoms with van der Waals surface area (Å²) in [5, 5.41) is 11.0. The van der Waals surface area contributed by atoms with E-state index in [0.717, 1.165) is 26.6 Å². The Labute approximate surface area is 172 Å². The standard InChI is InChI=1S/C23H23N3O4/c1-4-18(22(28)29)26-21(27)15-9-5-6-11-19(15)25(23(26)30)14(3)16-12-24-17-10-7-8-13(2)20(16)17/h5-12,14,18,24H,4H2,1-3H3,(H,28,29)/t14?,18-/m0/s1. The van der Waals surface area contributed by atoms with E-state index in [1.165, 1.54) is 4.57 Å². The second-order valence-corrected chi connectivity index (χ2v) is 7.52. The molecule has 0 bridgehead atoms. The number of carbonyl (C=O) groups is 1. The first-order valence-electron chi connectivity index (χ1n) is 9.92. The largest absolute Gasteiger partial charge is 0.480 e. The maximum atomic E-state index is 13.5. The number of hydrogen-bond acceptors (Lipinski definition) is 3. The Bertz CT molecular complexity index is 1390. The molecule has 0 saturated carbocycles. The highest BCUT2D eigenvalue weighted by molar-refractivity contribution is 5.87. The van der Waals surface area contributed by atoms with Crippen molar-refractivity contribution in [2.75, 3.05) is 0 Å². The molecule has 7 nitrogen and oxygen atoms in total. The van der Waals surface area contributed by atoms with Crippen LogP contribution in [0.1, 0.15) is 43.5 Å². The highest BCUT2D eigenvalue weighted by Gasteiger charge is 2.27. The van der Waals surface area contributed by atoms with E-state index in [0.29, 0.717) is 10.9 Å². The summed E-state index contributed by atoms with van der Waals surface area (Å²) in [6, 6.07) is 11.1. The molecule has 0 radical (unpaired) electrons.